The first-order valence-electron chi connectivity index (χ1n) is 3.65. The molecular formula is C8H15NO2. The molecule has 0 saturated carbocycles. The third kappa shape index (κ3) is 3.16. The molecule has 1 N–H and O–H groups in total. The highest BCUT2D eigenvalue weighted by molar-refractivity contribution is 6.36. The first-order chi connectivity index (χ1) is 4.89. The number of carbonyl (C=O) groups is 1. The van der Waals surface area contributed by atoms with Crippen LogP contribution in [0.3, 0.4) is 0 Å². The van der Waals surface area contributed by atoms with Crippen LogP contribution in [-0.4, -0.2) is 18.3 Å². The first-order valence-corrected chi connectivity index (χ1v) is 3.65. The molecule has 0 rings (SSSR count). The second-order valence-corrected chi connectivity index (χ2v) is 3.35. The highest BCUT2D eigenvalue weighted by atomic mass is 16.5. The number of nitrogens with one attached hydrogen (secondary N) is 1. The van der Waals surface area contributed by atoms with Crippen LogP contribution in [0.25, 0.3) is 0 Å². The smallest absolute Gasteiger partial charge is 0.352 e. The Morgan fingerprint density at radius 1 is 1.45 bits per heavy atom. The van der Waals surface area contributed by atoms with Gasteiger partial charge in [0.05, 0.1) is 6.61 Å². The van der Waals surface area contributed by atoms with E-state index in [1.54, 1.807) is 6.92 Å². The Morgan fingerprint density at radius 3 is 2.18 bits per heavy atom. The van der Waals surface area contributed by atoms with Crippen molar-refractivity contribution in [1.29, 1.82) is 5.41 Å². The summed E-state index contributed by atoms with van der Waals surface area (Å²) in [6.45, 7) is 7.50. The van der Waals surface area contributed by atoms with E-state index in [0.29, 0.717) is 6.61 Å². The number of rotatable bonds is 2. The zero-order valence-corrected chi connectivity index (χ0v) is 7.52. The Morgan fingerprint density at radius 2 is 1.91 bits per heavy atom. The van der Waals surface area contributed by atoms with Crippen molar-refractivity contribution in [2.75, 3.05) is 6.61 Å². The molecule has 0 aliphatic carbocycles. The molecule has 0 aliphatic rings. The van der Waals surface area contributed by atoms with Crippen molar-refractivity contribution in [2.45, 2.75) is 27.7 Å². The van der Waals surface area contributed by atoms with Crippen LogP contribution in [0.5, 0.6) is 0 Å². The molecule has 0 amide bonds. The Bertz CT molecular complexity index is 167. The highest BCUT2D eigenvalue weighted by Gasteiger charge is 2.24. The Hall–Kier alpha value is -0.860. The molecule has 64 valence electrons. The Labute approximate surface area is 67.3 Å². The van der Waals surface area contributed by atoms with Crippen molar-refractivity contribution >= 4 is 11.7 Å². The van der Waals surface area contributed by atoms with E-state index in [1.807, 2.05) is 20.8 Å². The van der Waals surface area contributed by atoms with E-state index in [0.717, 1.165) is 0 Å². The molecule has 0 atom stereocenters. The van der Waals surface area contributed by atoms with Crippen LogP contribution in [0.2, 0.25) is 0 Å². The van der Waals surface area contributed by atoms with Crippen molar-refractivity contribution in [2.24, 2.45) is 5.41 Å². The molecule has 0 heterocycles. The van der Waals surface area contributed by atoms with Crippen LogP contribution >= 0.6 is 0 Å². The van der Waals surface area contributed by atoms with Gasteiger partial charge in [0.2, 0.25) is 0 Å². The topological polar surface area (TPSA) is 50.2 Å². The average molecular weight is 157 g/mol. The van der Waals surface area contributed by atoms with Gasteiger partial charge in [-0.05, 0) is 6.92 Å². The molecule has 3 nitrogen and oxygen atoms in total. The lowest BCUT2D eigenvalue weighted by Crippen LogP contribution is -2.29. The van der Waals surface area contributed by atoms with Crippen LogP contribution in [0, 0.1) is 10.8 Å². The van der Waals surface area contributed by atoms with E-state index in [1.165, 1.54) is 0 Å². The molecule has 0 bridgehead atoms. The maximum atomic E-state index is 10.9. The number of hydrogen-bond acceptors (Lipinski definition) is 3. The fraction of sp³-hybridized carbons (Fsp3) is 0.750. The predicted octanol–water partition coefficient (Wildman–Crippen LogP) is 1.62. The van der Waals surface area contributed by atoms with E-state index >= 15 is 0 Å². The van der Waals surface area contributed by atoms with Crippen LogP contribution in [-0.2, 0) is 9.53 Å². The van der Waals surface area contributed by atoms with E-state index in [4.69, 9.17) is 5.41 Å². The summed E-state index contributed by atoms with van der Waals surface area (Å²) >= 11 is 0. The molecular weight excluding hydrogens is 142 g/mol. The number of carbonyl (C=O) groups excluding carboxylic acids is 1. The van der Waals surface area contributed by atoms with Gasteiger partial charge < -0.3 is 4.74 Å². The second kappa shape index (κ2) is 3.51. The lowest BCUT2D eigenvalue weighted by atomic mass is 9.90. The van der Waals surface area contributed by atoms with Gasteiger partial charge in [-0.25, -0.2) is 4.79 Å². The number of esters is 1. The summed E-state index contributed by atoms with van der Waals surface area (Å²) in [5, 5.41) is 7.37. The summed E-state index contributed by atoms with van der Waals surface area (Å²) in [5.74, 6) is -0.514. The minimum atomic E-state index is -0.514. The summed E-state index contributed by atoms with van der Waals surface area (Å²) in [6.07, 6.45) is 0. The van der Waals surface area contributed by atoms with Gasteiger partial charge in [-0.2, -0.15) is 0 Å². The third-order valence-electron chi connectivity index (χ3n) is 1.23. The van der Waals surface area contributed by atoms with Crippen LogP contribution in [0.1, 0.15) is 27.7 Å². The molecule has 0 unspecified atom stereocenters. The molecule has 0 aromatic carbocycles. The summed E-state index contributed by atoms with van der Waals surface area (Å²) in [5.41, 5.74) is -0.383. The molecule has 0 fully saturated rings. The van der Waals surface area contributed by atoms with Crippen molar-refractivity contribution in [3.8, 4) is 0 Å². The van der Waals surface area contributed by atoms with Crippen LogP contribution < -0.4 is 0 Å². The van der Waals surface area contributed by atoms with Gasteiger partial charge >= 0.3 is 5.97 Å². The SMILES string of the molecule is CCOC(=O)C(=N)C(C)(C)C. The molecule has 0 aromatic rings. The Balaban J connectivity index is 4.15. The van der Waals surface area contributed by atoms with Gasteiger partial charge in [-0.3, -0.25) is 5.41 Å². The van der Waals surface area contributed by atoms with Crippen molar-refractivity contribution < 1.29 is 9.53 Å². The lowest BCUT2D eigenvalue weighted by Gasteiger charge is -2.17. The van der Waals surface area contributed by atoms with Crippen molar-refractivity contribution in [3.05, 3.63) is 0 Å². The van der Waals surface area contributed by atoms with Crippen LogP contribution in [0.15, 0.2) is 0 Å². The van der Waals surface area contributed by atoms with E-state index in [2.05, 4.69) is 4.74 Å². The molecule has 0 aromatic heterocycles. The van der Waals surface area contributed by atoms with Gasteiger partial charge in [0, 0.05) is 5.41 Å². The lowest BCUT2D eigenvalue weighted by molar-refractivity contribution is -0.135. The normalized spacial score (nSPS) is 10.9. The summed E-state index contributed by atoms with van der Waals surface area (Å²) in [6, 6.07) is 0. The molecule has 0 spiro atoms. The maximum Gasteiger partial charge on any atom is 0.352 e. The maximum absolute atomic E-state index is 10.9. The van der Waals surface area contributed by atoms with E-state index in [-0.39, 0.29) is 5.71 Å². The summed E-state index contributed by atoms with van der Waals surface area (Å²) in [4.78, 5) is 10.9. The standard InChI is InChI=1S/C8H15NO2/c1-5-11-7(10)6(9)8(2,3)4/h9H,5H2,1-4H3. The van der Waals surface area contributed by atoms with E-state index < -0.39 is 11.4 Å². The second-order valence-electron chi connectivity index (χ2n) is 3.35. The zero-order chi connectivity index (χ0) is 9.07. The van der Waals surface area contributed by atoms with Crippen LogP contribution in [0.4, 0.5) is 0 Å². The molecule has 0 radical (unpaired) electrons. The average Bonchev–Trinajstić information content (AvgIpc) is 1.85. The number of hydrogen-bond donors (Lipinski definition) is 1. The number of ether oxygens (including phenoxy) is 1. The first kappa shape index (κ1) is 10.1. The quantitative estimate of drug-likeness (QED) is 0.489. The minimum absolute atomic E-state index is 0.0272. The fourth-order valence-corrected chi connectivity index (χ4v) is 0.509. The predicted molar refractivity (Wildman–Crippen MR) is 43.8 cm³/mol. The van der Waals surface area contributed by atoms with E-state index in [9.17, 15) is 4.79 Å². The van der Waals surface area contributed by atoms with Gasteiger partial charge in [-0.1, -0.05) is 20.8 Å². The highest BCUT2D eigenvalue weighted by Crippen LogP contribution is 2.15. The summed E-state index contributed by atoms with van der Waals surface area (Å²) in [7, 11) is 0. The van der Waals surface area contributed by atoms with Gasteiger partial charge in [0.15, 0.2) is 0 Å². The fourth-order valence-electron chi connectivity index (χ4n) is 0.509. The largest absolute Gasteiger partial charge is 0.462 e. The molecule has 0 aliphatic heterocycles. The third-order valence-corrected chi connectivity index (χ3v) is 1.23. The minimum Gasteiger partial charge on any atom is -0.462 e. The zero-order valence-electron chi connectivity index (χ0n) is 7.52. The van der Waals surface area contributed by atoms with Gasteiger partial charge in [0.1, 0.15) is 5.71 Å². The van der Waals surface area contributed by atoms with Crippen molar-refractivity contribution in [3.63, 3.8) is 0 Å². The van der Waals surface area contributed by atoms with Gasteiger partial charge in [-0.15, -0.1) is 0 Å². The molecule has 11 heavy (non-hydrogen) atoms. The Kier molecular flexibility index (Phi) is 3.23. The van der Waals surface area contributed by atoms with Crippen molar-refractivity contribution in [1.82, 2.24) is 0 Å². The summed E-state index contributed by atoms with van der Waals surface area (Å²) < 4.78 is 4.67. The van der Waals surface area contributed by atoms with Gasteiger partial charge in [0.25, 0.3) is 0 Å². The monoisotopic (exact) mass is 157 g/mol. The molecule has 3 heteroatoms. The molecule has 0 saturated heterocycles.